The molecule has 2 aromatic heterocycles. The number of aromatic nitrogens is 1. The van der Waals surface area contributed by atoms with Crippen molar-refractivity contribution in [3.05, 3.63) is 41.4 Å². The second kappa shape index (κ2) is 8.01. The molecule has 1 N–H and O–H groups in total. The van der Waals surface area contributed by atoms with Crippen LogP contribution in [-0.4, -0.2) is 56.2 Å². The maximum Gasteiger partial charge on any atom is 0.212 e. The van der Waals surface area contributed by atoms with Gasteiger partial charge in [-0.2, -0.15) is 0 Å². The number of guanidine groups is 1. The van der Waals surface area contributed by atoms with E-state index in [0.717, 1.165) is 37.7 Å². The van der Waals surface area contributed by atoms with Crippen LogP contribution in [0.4, 0.5) is 5.00 Å². The van der Waals surface area contributed by atoms with E-state index in [1.54, 1.807) is 18.4 Å². The molecule has 0 aromatic carbocycles. The molecular formula is C17H23N5OS. The Balaban J connectivity index is 1.51. The van der Waals surface area contributed by atoms with Crippen LogP contribution in [0.15, 0.2) is 40.8 Å². The van der Waals surface area contributed by atoms with Gasteiger partial charge in [-0.1, -0.05) is 6.07 Å². The van der Waals surface area contributed by atoms with Gasteiger partial charge in [-0.3, -0.25) is 4.99 Å². The van der Waals surface area contributed by atoms with Crippen LogP contribution in [0, 0.1) is 0 Å². The third kappa shape index (κ3) is 3.97. The third-order valence-electron chi connectivity index (χ3n) is 4.07. The molecule has 0 atom stereocenters. The number of nitrogens with zero attached hydrogens (tertiary/aromatic N) is 4. The monoisotopic (exact) mass is 345 g/mol. The molecule has 2 aromatic rings. The number of hydrogen-bond acceptors (Lipinski definition) is 5. The maximum atomic E-state index is 5.08. The molecule has 0 radical (unpaired) electrons. The van der Waals surface area contributed by atoms with E-state index in [4.69, 9.17) is 4.74 Å². The van der Waals surface area contributed by atoms with Crippen molar-refractivity contribution in [1.82, 2.24) is 15.2 Å². The van der Waals surface area contributed by atoms with Crippen molar-refractivity contribution in [1.29, 1.82) is 0 Å². The van der Waals surface area contributed by atoms with Crippen molar-refractivity contribution in [3.63, 3.8) is 0 Å². The summed E-state index contributed by atoms with van der Waals surface area (Å²) in [5.74, 6) is 1.57. The van der Waals surface area contributed by atoms with Gasteiger partial charge in [0.25, 0.3) is 0 Å². The Bertz CT molecular complexity index is 648. The lowest BCUT2D eigenvalue weighted by atomic mass is 10.3. The van der Waals surface area contributed by atoms with E-state index in [-0.39, 0.29) is 0 Å². The van der Waals surface area contributed by atoms with E-state index < -0.39 is 0 Å². The third-order valence-corrected chi connectivity index (χ3v) is 5.00. The summed E-state index contributed by atoms with van der Waals surface area (Å²) in [5, 5.41) is 6.90. The fourth-order valence-electron chi connectivity index (χ4n) is 2.74. The lowest BCUT2D eigenvalue weighted by Crippen LogP contribution is -2.52. The predicted octanol–water partition coefficient (Wildman–Crippen LogP) is 2.05. The number of anilines is 1. The molecule has 6 nitrogen and oxygen atoms in total. The Hall–Kier alpha value is -2.28. The van der Waals surface area contributed by atoms with E-state index in [2.05, 4.69) is 42.6 Å². The smallest absolute Gasteiger partial charge is 0.212 e. The molecule has 0 aliphatic carbocycles. The average Bonchev–Trinajstić information content (AvgIpc) is 3.18. The van der Waals surface area contributed by atoms with Crippen molar-refractivity contribution < 1.29 is 4.74 Å². The highest BCUT2D eigenvalue weighted by atomic mass is 32.1. The van der Waals surface area contributed by atoms with Crippen molar-refractivity contribution in [2.75, 3.05) is 45.2 Å². The van der Waals surface area contributed by atoms with Gasteiger partial charge < -0.3 is 19.9 Å². The second-order valence-electron chi connectivity index (χ2n) is 5.53. The Morgan fingerprint density at radius 1 is 1.29 bits per heavy atom. The maximum absolute atomic E-state index is 5.08. The lowest BCUT2D eigenvalue weighted by molar-refractivity contribution is 0.373. The topological polar surface area (TPSA) is 53.0 Å². The molecule has 0 amide bonds. The summed E-state index contributed by atoms with van der Waals surface area (Å²) in [6.45, 7) is 4.68. The largest absolute Gasteiger partial charge is 0.481 e. The Morgan fingerprint density at radius 2 is 2.12 bits per heavy atom. The molecule has 1 aliphatic rings. The van der Waals surface area contributed by atoms with Gasteiger partial charge in [-0.25, -0.2) is 4.98 Å². The van der Waals surface area contributed by atoms with Crippen LogP contribution in [0.5, 0.6) is 5.88 Å². The second-order valence-corrected chi connectivity index (χ2v) is 6.46. The van der Waals surface area contributed by atoms with Crippen molar-refractivity contribution in [2.24, 2.45) is 4.99 Å². The number of methoxy groups -OCH3 is 1. The Morgan fingerprint density at radius 3 is 2.71 bits per heavy atom. The van der Waals surface area contributed by atoms with Gasteiger partial charge in [-0.15, -0.1) is 11.3 Å². The first kappa shape index (κ1) is 16.6. The number of rotatable bonds is 4. The normalized spacial score (nSPS) is 15.5. The first-order valence-electron chi connectivity index (χ1n) is 8.03. The number of nitrogens with one attached hydrogen (secondary N) is 1. The minimum absolute atomic E-state index is 0.632. The van der Waals surface area contributed by atoms with Crippen LogP contribution in [0.25, 0.3) is 0 Å². The van der Waals surface area contributed by atoms with Gasteiger partial charge in [0, 0.05) is 52.0 Å². The van der Waals surface area contributed by atoms with Gasteiger partial charge in [0.2, 0.25) is 5.88 Å². The number of thiophene rings is 1. The van der Waals surface area contributed by atoms with Gasteiger partial charge in [0.1, 0.15) is 0 Å². The van der Waals surface area contributed by atoms with Crippen LogP contribution < -0.4 is 15.0 Å². The molecule has 0 unspecified atom stereocenters. The zero-order valence-corrected chi connectivity index (χ0v) is 14.9. The van der Waals surface area contributed by atoms with E-state index in [1.165, 1.54) is 5.00 Å². The van der Waals surface area contributed by atoms with E-state index in [9.17, 15) is 0 Å². The van der Waals surface area contributed by atoms with Gasteiger partial charge >= 0.3 is 0 Å². The fraction of sp³-hybridized carbons (Fsp3) is 0.412. The quantitative estimate of drug-likeness (QED) is 0.679. The number of piperazine rings is 1. The zero-order valence-electron chi connectivity index (χ0n) is 14.1. The van der Waals surface area contributed by atoms with Crippen molar-refractivity contribution >= 4 is 22.3 Å². The van der Waals surface area contributed by atoms with Crippen LogP contribution in [-0.2, 0) is 6.54 Å². The molecule has 7 heteroatoms. The van der Waals surface area contributed by atoms with Gasteiger partial charge in [0.15, 0.2) is 5.96 Å². The number of ether oxygens (including phenoxy) is 1. The summed E-state index contributed by atoms with van der Waals surface area (Å²) in [5.41, 5.74) is 1.11. The molecule has 1 fully saturated rings. The highest BCUT2D eigenvalue weighted by Crippen LogP contribution is 2.22. The summed E-state index contributed by atoms with van der Waals surface area (Å²) in [6.07, 6.45) is 1.83. The number of pyridine rings is 1. The summed E-state index contributed by atoms with van der Waals surface area (Å²) in [4.78, 5) is 13.4. The highest BCUT2D eigenvalue weighted by molar-refractivity contribution is 7.14. The minimum atomic E-state index is 0.632. The molecule has 128 valence electrons. The number of hydrogen-bond donors (Lipinski definition) is 1. The van der Waals surface area contributed by atoms with Crippen molar-refractivity contribution in [3.8, 4) is 5.88 Å². The first-order chi connectivity index (χ1) is 11.8. The van der Waals surface area contributed by atoms with Crippen LogP contribution in [0.1, 0.15) is 5.56 Å². The van der Waals surface area contributed by atoms with E-state index in [0.29, 0.717) is 12.4 Å². The SMILES string of the molecule is CN=C(NCc1ccc(OC)nc1)N1CCN(c2cccs2)CC1. The van der Waals surface area contributed by atoms with Gasteiger partial charge in [0.05, 0.1) is 12.1 Å². The first-order valence-corrected chi connectivity index (χ1v) is 8.91. The van der Waals surface area contributed by atoms with E-state index >= 15 is 0 Å². The Labute approximate surface area is 146 Å². The molecule has 1 aliphatic heterocycles. The molecular weight excluding hydrogens is 322 g/mol. The van der Waals surface area contributed by atoms with Crippen LogP contribution >= 0.6 is 11.3 Å². The predicted molar refractivity (Wildman–Crippen MR) is 99.1 cm³/mol. The molecule has 3 heterocycles. The van der Waals surface area contributed by atoms with E-state index in [1.807, 2.05) is 25.4 Å². The standard InChI is InChI=1S/C17H23N5OS/c1-18-17(20-13-14-5-6-15(23-2)19-12-14)22-9-7-21(8-10-22)16-4-3-11-24-16/h3-6,11-12H,7-10,13H2,1-2H3,(H,18,20). The highest BCUT2D eigenvalue weighted by Gasteiger charge is 2.20. The molecule has 24 heavy (non-hydrogen) atoms. The van der Waals surface area contributed by atoms with Gasteiger partial charge in [-0.05, 0) is 23.1 Å². The summed E-state index contributed by atoms with van der Waals surface area (Å²) in [7, 11) is 3.46. The van der Waals surface area contributed by atoms with Crippen LogP contribution in [0.2, 0.25) is 0 Å². The summed E-state index contributed by atoms with van der Waals surface area (Å²) < 4.78 is 5.08. The number of aliphatic imine (C=N–C) groups is 1. The Kier molecular flexibility index (Phi) is 5.53. The fourth-order valence-corrected chi connectivity index (χ4v) is 3.52. The average molecular weight is 345 g/mol. The summed E-state index contributed by atoms with van der Waals surface area (Å²) in [6, 6.07) is 8.18. The minimum Gasteiger partial charge on any atom is -0.481 e. The summed E-state index contributed by atoms with van der Waals surface area (Å²) >= 11 is 1.80. The molecule has 3 rings (SSSR count). The van der Waals surface area contributed by atoms with Crippen molar-refractivity contribution in [2.45, 2.75) is 6.54 Å². The molecule has 0 bridgehead atoms. The molecule has 0 saturated carbocycles. The lowest BCUT2D eigenvalue weighted by Gasteiger charge is -2.37. The molecule has 0 spiro atoms. The zero-order chi connectivity index (χ0) is 16.8. The molecule has 1 saturated heterocycles. The van der Waals surface area contributed by atoms with Crippen LogP contribution in [0.3, 0.4) is 0 Å².